The van der Waals surface area contributed by atoms with Crippen LogP contribution in [0.5, 0.6) is 5.75 Å². The van der Waals surface area contributed by atoms with Crippen LogP contribution in [0.25, 0.3) is 0 Å². The lowest BCUT2D eigenvalue weighted by atomic mass is 9.66. The summed E-state index contributed by atoms with van der Waals surface area (Å²) in [7, 11) is 1.61. The van der Waals surface area contributed by atoms with E-state index in [1.807, 2.05) is 31.2 Å². The number of rotatable bonds is 7. The SMILES string of the molecule is CCC(NC(=O)CC1(C(=O)O)CCC1)c1ccc(OC)cc1. The first kappa shape index (κ1) is 16.3. The number of nitrogens with one attached hydrogen (secondary N) is 1. The van der Waals surface area contributed by atoms with Crippen LogP contribution in [0.3, 0.4) is 0 Å². The fraction of sp³-hybridized carbons (Fsp3) is 0.529. The molecule has 1 aromatic rings. The highest BCUT2D eigenvalue weighted by Gasteiger charge is 2.46. The van der Waals surface area contributed by atoms with E-state index >= 15 is 0 Å². The van der Waals surface area contributed by atoms with Gasteiger partial charge >= 0.3 is 5.97 Å². The van der Waals surface area contributed by atoms with Gasteiger partial charge in [0.1, 0.15) is 5.75 Å². The van der Waals surface area contributed by atoms with E-state index in [0.29, 0.717) is 12.8 Å². The summed E-state index contributed by atoms with van der Waals surface area (Å²) in [6.45, 7) is 1.99. The van der Waals surface area contributed by atoms with Crippen molar-refractivity contribution in [1.29, 1.82) is 0 Å². The number of amides is 1. The monoisotopic (exact) mass is 305 g/mol. The Morgan fingerprint density at radius 3 is 2.36 bits per heavy atom. The second-order valence-corrected chi connectivity index (χ2v) is 5.92. The summed E-state index contributed by atoms with van der Waals surface area (Å²) in [4.78, 5) is 23.6. The van der Waals surface area contributed by atoms with Gasteiger partial charge in [0.15, 0.2) is 0 Å². The van der Waals surface area contributed by atoms with Gasteiger partial charge < -0.3 is 15.2 Å². The Hall–Kier alpha value is -2.04. The molecule has 0 heterocycles. The van der Waals surface area contributed by atoms with Gasteiger partial charge in [-0.15, -0.1) is 0 Å². The van der Waals surface area contributed by atoms with Gasteiger partial charge in [-0.1, -0.05) is 25.5 Å². The second kappa shape index (κ2) is 6.81. The molecule has 0 spiro atoms. The molecule has 2 rings (SSSR count). The van der Waals surface area contributed by atoms with Gasteiger partial charge in [0.25, 0.3) is 0 Å². The summed E-state index contributed by atoms with van der Waals surface area (Å²) >= 11 is 0. The Bertz CT molecular complexity index is 534. The molecule has 0 radical (unpaired) electrons. The lowest BCUT2D eigenvalue weighted by Crippen LogP contribution is -2.43. The highest BCUT2D eigenvalue weighted by molar-refractivity contribution is 5.85. The van der Waals surface area contributed by atoms with Crippen LogP contribution in [-0.4, -0.2) is 24.1 Å². The molecule has 0 saturated heterocycles. The summed E-state index contributed by atoms with van der Waals surface area (Å²) in [6.07, 6.45) is 2.88. The number of carboxylic acids is 1. The second-order valence-electron chi connectivity index (χ2n) is 5.92. The minimum Gasteiger partial charge on any atom is -0.497 e. The number of benzene rings is 1. The summed E-state index contributed by atoms with van der Waals surface area (Å²) in [5.74, 6) is -0.277. The molecular weight excluding hydrogens is 282 g/mol. The Balaban J connectivity index is 2.00. The zero-order chi connectivity index (χ0) is 16.2. The van der Waals surface area contributed by atoms with Crippen LogP contribution < -0.4 is 10.1 Å². The number of carboxylic acid groups (broad SMARTS) is 1. The van der Waals surface area contributed by atoms with Crippen molar-refractivity contribution in [3.63, 3.8) is 0 Å². The van der Waals surface area contributed by atoms with Crippen molar-refractivity contribution in [3.8, 4) is 5.75 Å². The molecule has 1 saturated carbocycles. The first-order chi connectivity index (χ1) is 10.5. The van der Waals surface area contributed by atoms with Crippen LogP contribution in [-0.2, 0) is 9.59 Å². The van der Waals surface area contributed by atoms with Crippen molar-refractivity contribution in [2.24, 2.45) is 5.41 Å². The molecule has 120 valence electrons. The first-order valence-corrected chi connectivity index (χ1v) is 7.67. The summed E-state index contributed by atoms with van der Waals surface area (Å²) in [6, 6.07) is 7.45. The minimum atomic E-state index is -0.855. The van der Waals surface area contributed by atoms with Gasteiger partial charge in [0, 0.05) is 6.42 Å². The lowest BCUT2D eigenvalue weighted by Gasteiger charge is -2.37. The van der Waals surface area contributed by atoms with E-state index in [4.69, 9.17) is 4.74 Å². The molecule has 1 aliphatic carbocycles. The van der Waals surface area contributed by atoms with Crippen LogP contribution in [0, 0.1) is 5.41 Å². The van der Waals surface area contributed by atoms with Gasteiger partial charge in [-0.3, -0.25) is 9.59 Å². The number of carbonyl (C=O) groups is 2. The summed E-state index contributed by atoms with van der Waals surface area (Å²) < 4.78 is 5.13. The number of aliphatic carboxylic acids is 1. The Morgan fingerprint density at radius 1 is 1.32 bits per heavy atom. The van der Waals surface area contributed by atoms with Crippen molar-refractivity contribution in [3.05, 3.63) is 29.8 Å². The highest BCUT2D eigenvalue weighted by Crippen LogP contribution is 2.44. The third-order valence-electron chi connectivity index (χ3n) is 4.52. The Labute approximate surface area is 130 Å². The molecule has 1 aromatic carbocycles. The average Bonchev–Trinajstić information content (AvgIpc) is 2.48. The van der Waals surface area contributed by atoms with Crippen molar-refractivity contribution < 1.29 is 19.4 Å². The molecule has 1 unspecified atom stereocenters. The van der Waals surface area contributed by atoms with Crippen molar-refractivity contribution in [2.45, 2.75) is 45.1 Å². The summed E-state index contributed by atoms with van der Waals surface area (Å²) in [5, 5.41) is 12.3. The Morgan fingerprint density at radius 2 is 1.95 bits per heavy atom. The predicted octanol–water partition coefficient (Wildman–Crippen LogP) is 2.91. The predicted molar refractivity (Wildman–Crippen MR) is 82.7 cm³/mol. The lowest BCUT2D eigenvalue weighted by molar-refractivity contribution is -0.157. The molecule has 1 aliphatic rings. The van der Waals surface area contributed by atoms with E-state index in [0.717, 1.165) is 24.2 Å². The van der Waals surface area contributed by atoms with Gasteiger partial charge in [0.05, 0.1) is 18.6 Å². The van der Waals surface area contributed by atoms with Crippen LogP contribution in [0.2, 0.25) is 0 Å². The molecule has 5 heteroatoms. The fourth-order valence-corrected chi connectivity index (χ4v) is 2.88. The maximum absolute atomic E-state index is 12.2. The fourth-order valence-electron chi connectivity index (χ4n) is 2.88. The largest absolute Gasteiger partial charge is 0.497 e. The van der Waals surface area contributed by atoms with Gasteiger partial charge in [-0.25, -0.2) is 0 Å². The molecule has 0 aliphatic heterocycles. The van der Waals surface area contributed by atoms with Gasteiger partial charge in [-0.05, 0) is 37.0 Å². The molecule has 0 bridgehead atoms. The Kier molecular flexibility index (Phi) is 5.06. The topological polar surface area (TPSA) is 75.6 Å². The molecule has 22 heavy (non-hydrogen) atoms. The molecule has 1 atom stereocenters. The zero-order valence-corrected chi connectivity index (χ0v) is 13.1. The van der Waals surface area contributed by atoms with Crippen LogP contribution in [0.1, 0.15) is 50.6 Å². The zero-order valence-electron chi connectivity index (χ0n) is 13.1. The van der Waals surface area contributed by atoms with Gasteiger partial charge in [-0.2, -0.15) is 0 Å². The van der Waals surface area contributed by atoms with E-state index in [2.05, 4.69) is 5.32 Å². The van der Waals surface area contributed by atoms with Gasteiger partial charge in [0.2, 0.25) is 5.91 Å². The quantitative estimate of drug-likeness (QED) is 0.812. The third kappa shape index (κ3) is 3.40. The van der Waals surface area contributed by atoms with E-state index < -0.39 is 11.4 Å². The molecule has 1 fully saturated rings. The number of hydrogen-bond donors (Lipinski definition) is 2. The molecule has 5 nitrogen and oxygen atoms in total. The maximum Gasteiger partial charge on any atom is 0.310 e. The minimum absolute atomic E-state index is 0.0645. The average molecular weight is 305 g/mol. The molecule has 2 N–H and O–H groups in total. The standard InChI is InChI=1S/C17H23NO4/c1-3-14(12-5-7-13(22-2)8-6-12)18-15(19)11-17(16(20)21)9-4-10-17/h5-8,14H,3-4,9-11H2,1-2H3,(H,18,19)(H,20,21). The molecule has 0 aromatic heterocycles. The number of hydrogen-bond acceptors (Lipinski definition) is 3. The smallest absolute Gasteiger partial charge is 0.310 e. The molecular formula is C17H23NO4. The van der Waals surface area contributed by atoms with E-state index in [1.54, 1.807) is 7.11 Å². The number of methoxy groups -OCH3 is 1. The van der Waals surface area contributed by atoms with Crippen LogP contribution >= 0.6 is 0 Å². The van der Waals surface area contributed by atoms with E-state index in [9.17, 15) is 14.7 Å². The maximum atomic E-state index is 12.2. The van der Waals surface area contributed by atoms with E-state index in [1.165, 1.54) is 0 Å². The van der Waals surface area contributed by atoms with Crippen molar-refractivity contribution in [1.82, 2.24) is 5.32 Å². The van der Waals surface area contributed by atoms with Crippen molar-refractivity contribution in [2.75, 3.05) is 7.11 Å². The summed E-state index contributed by atoms with van der Waals surface area (Å²) in [5.41, 5.74) is 0.150. The normalized spacial score (nSPS) is 17.2. The van der Waals surface area contributed by atoms with Crippen LogP contribution in [0.15, 0.2) is 24.3 Å². The first-order valence-electron chi connectivity index (χ1n) is 7.67. The van der Waals surface area contributed by atoms with E-state index in [-0.39, 0.29) is 18.4 Å². The highest BCUT2D eigenvalue weighted by atomic mass is 16.5. The van der Waals surface area contributed by atoms with Crippen molar-refractivity contribution >= 4 is 11.9 Å². The number of carbonyl (C=O) groups excluding carboxylic acids is 1. The number of ether oxygens (including phenoxy) is 1. The van der Waals surface area contributed by atoms with Crippen LogP contribution in [0.4, 0.5) is 0 Å². The molecule has 1 amide bonds. The third-order valence-corrected chi connectivity index (χ3v) is 4.52.